The largest absolute Gasteiger partial charge is 0.497 e. The molecular weight excluding hydrogens is 258 g/mol. The van der Waals surface area contributed by atoms with Crippen LogP contribution in [0.3, 0.4) is 0 Å². The summed E-state index contributed by atoms with van der Waals surface area (Å²) in [6, 6.07) is 17.0. The van der Waals surface area contributed by atoms with E-state index in [0.29, 0.717) is 6.54 Å². The van der Waals surface area contributed by atoms with Crippen LogP contribution in [0.15, 0.2) is 63.9 Å². The summed E-state index contributed by atoms with van der Waals surface area (Å²) >= 11 is 0. The highest BCUT2D eigenvalue weighted by atomic mass is 32.2. The molecule has 0 aliphatic heterocycles. The molecule has 2 aromatic rings. The van der Waals surface area contributed by atoms with Crippen LogP contribution in [0.4, 0.5) is 0 Å². The number of hydrogen-bond donors (Lipinski definition) is 0. The summed E-state index contributed by atoms with van der Waals surface area (Å²) in [6.07, 6.45) is 1.67. The number of nitrogens with zero attached hydrogens (tertiary/aromatic N) is 1. The molecule has 19 heavy (non-hydrogen) atoms. The van der Waals surface area contributed by atoms with Gasteiger partial charge in [-0.1, -0.05) is 30.3 Å². The quantitative estimate of drug-likeness (QED) is 0.858. The number of rotatable bonds is 4. The van der Waals surface area contributed by atoms with Gasteiger partial charge in [-0.15, -0.1) is 0 Å². The van der Waals surface area contributed by atoms with Crippen molar-refractivity contribution in [2.45, 2.75) is 11.4 Å². The fourth-order valence-electron chi connectivity index (χ4n) is 1.68. The molecule has 0 radical (unpaired) electrons. The first kappa shape index (κ1) is 13.6. The minimum atomic E-state index is -2.33. The van der Waals surface area contributed by atoms with Crippen molar-refractivity contribution in [1.29, 1.82) is 0 Å². The predicted octanol–water partition coefficient (Wildman–Crippen LogP) is 3.35. The van der Waals surface area contributed by atoms with Crippen LogP contribution in [-0.2, 0) is 16.3 Å². The summed E-state index contributed by atoms with van der Waals surface area (Å²) in [7, 11) is -0.698. The third kappa shape index (κ3) is 3.58. The van der Waals surface area contributed by atoms with Gasteiger partial charge in [0.1, 0.15) is 5.75 Å². The lowest BCUT2D eigenvalue weighted by molar-refractivity contribution is 0.414. The molecule has 0 saturated heterocycles. The Hall–Kier alpha value is -1.81. The first-order valence-corrected chi connectivity index (χ1v) is 7.90. The SMILES string of the molecule is COc1ccc(CN=[S@](C)(=O)c2ccccc2)cc1. The van der Waals surface area contributed by atoms with Gasteiger partial charge in [0, 0.05) is 11.2 Å². The van der Waals surface area contributed by atoms with Crippen molar-refractivity contribution in [3.8, 4) is 5.75 Å². The van der Waals surface area contributed by atoms with Crippen LogP contribution < -0.4 is 4.74 Å². The molecular formula is C15H17NO2S. The Morgan fingerprint density at radius 1 is 1.05 bits per heavy atom. The van der Waals surface area contributed by atoms with E-state index in [1.165, 1.54) is 0 Å². The Morgan fingerprint density at radius 2 is 1.68 bits per heavy atom. The van der Waals surface area contributed by atoms with Crippen LogP contribution in [0.5, 0.6) is 5.75 Å². The van der Waals surface area contributed by atoms with E-state index in [-0.39, 0.29) is 0 Å². The predicted molar refractivity (Wildman–Crippen MR) is 77.9 cm³/mol. The number of benzene rings is 2. The van der Waals surface area contributed by atoms with Gasteiger partial charge in [-0.3, -0.25) is 0 Å². The fraction of sp³-hybridized carbons (Fsp3) is 0.200. The second kappa shape index (κ2) is 5.89. The molecule has 0 amide bonds. The Balaban J connectivity index is 2.19. The molecule has 0 aromatic heterocycles. The highest BCUT2D eigenvalue weighted by Gasteiger charge is 2.04. The Labute approximate surface area is 114 Å². The van der Waals surface area contributed by atoms with Crippen LogP contribution in [0.1, 0.15) is 5.56 Å². The summed E-state index contributed by atoms with van der Waals surface area (Å²) in [4.78, 5) is 0.767. The van der Waals surface area contributed by atoms with Crippen molar-refractivity contribution in [3.63, 3.8) is 0 Å². The van der Waals surface area contributed by atoms with Crippen molar-refractivity contribution in [1.82, 2.24) is 0 Å². The van der Waals surface area contributed by atoms with Gasteiger partial charge in [0.2, 0.25) is 0 Å². The third-order valence-corrected chi connectivity index (χ3v) is 4.60. The van der Waals surface area contributed by atoms with E-state index in [0.717, 1.165) is 16.2 Å². The fourth-order valence-corrected chi connectivity index (χ4v) is 2.88. The molecule has 100 valence electrons. The van der Waals surface area contributed by atoms with E-state index >= 15 is 0 Å². The van der Waals surface area contributed by atoms with E-state index in [1.807, 2.05) is 54.6 Å². The number of ether oxygens (including phenoxy) is 1. The van der Waals surface area contributed by atoms with Crippen LogP contribution in [-0.4, -0.2) is 17.6 Å². The first-order valence-electron chi connectivity index (χ1n) is 5.98. The van der Waals surface area contributed by atoms with Crippen molar-refractivity contribution < 1.29 is 8.95 Å². The molecule has 0 unspecified atom stereocenters. The molecule has 0 spiro atoms. The van der Waals surface area contributed by atoms with Crippen LogP contribution >= 0.6 is 0 Å². The summed E-state index contributed by atoms with van der Waals surface area (Å²) in [5.74, 6) is 0.809. The van der Waals surface area contributed by atoms with Gasteiger partial charge in [-0.25, -0.2) is 8.57 Å². The van der Waals surface area contributed by atoms with Gasteiger partial charge in [0.15, 0.2) is 0 Å². The van der Waals surface area contributed by atoms with Crippen molar-refractivity contribution in [3.05, 3.63) is 60.2 Å². The van der Waals surface area contributed by atoms with E-state index in [4.69, 9.17) is 4.74 Å². The van der Waals surface area contributed by atoms with Crippen LogP contribution in [0.25, 0.3) is 0 Å². The summed E-state index contributed by atoms with van der Waals surface area (Å²) in [5, 5.41) is 0. The monoisotopic (exact) mass is 275 g/mol. The Bertz CT molecular complexity index is 642. The van der Waals surface area contributed by atoms with Crippen molar-refractivity contribution >= 4 is 9.73 Å². The van der Waals surface area contributed by atoms with Crippen LogP contribution in [0, 0.1) is 0 Å². The average Bonchev–Trinajstić information content (AvgIpc) is 2.47. The zero-order valence-electron chi connectivity index (χ0n) is 11.1. The minimum Gasteiger partial charge on any atom is -0.497 e. The highest BCUT2D eigenvalue weighted by molar-refractivity contribution is 7.93. The smallest absolute Gasteiger partial charge is 0.118 e. The third-order valence-electron chi connectivity index (χ3n) is 2.83. The summed E-state index contributed by atoms with van der Waals surface area (Å²) in [5.41, 5.74) is 1.02. The normalized spacial score (nSPS) is 13.6. The first-order chi connectivity index (χ1) is 9.12. The molecule has 3 nitrogen and oxygen atoms in total. The molecule has 4 heteroatoms. The lowest BCUT2D eigenvalue weighted by atomic mass is 10.2. The number of hydrogen-bond acceptors (Lipinski definition) is 3. The summed E-state index contributed by atoms with van der Waals surface area (Å²) < 4.78 is 21.9. The zero-order valence-corrected chi connectivity index (χ0v) is 11.9. The van der Waals surface area contributed by atoms with Gasteiger partial charge >= 0.3 is 0 Å². The highest BCUT2D eigenvalue weighted by Crippen LogP contribution is 2.15. The van der Waals surface area contributed by atoms with Crippen LogP contribution in [0.2, 0.25) is 0 Å². The van der Waals surface area contributed by atoms with Crippen molar-refractivity contribution in [2.75, 3.05) is 13.4 Å². The molecule has 1 atom stereocenters. The molecule has 0 saturated carbocycles. The van der Waals surface area contributed by atoms with Gasteiger partial charge in [0.05, 0.1) is 23.4 Å². The minimum absolute atomic E-state index is 0.439. The van der Waals surface area contributed by atoms with Gasteiger partial charge < -0.3 is 4.74 Å². The van der Waals surface area contributed by atoms with Gasteiger partial charge in [-0.2, -0.15) is 0 Å². The maximum absolute atomic E-state index is 12.5. The summed E-state index contributed by atoms with van der Waals surface area (Å²) in [6.45, 7) is 0.439. The Morgan fingerprint density at radius 3 is 2.26 bits per heavy atom. The average molecular weight is 275 g/mol. The Kier molecular flexibility index (Phi) is 4.22. The number of methoxy groups -OCH3 is 1. The molecule has 2 rings (SSSR count). The van der Waals surface area contributed by atoms with Gasteiger partial charge in [0.25, 0.3) is 0 Å². The molecule has 0 aliphatic rings. The van der Waals surface area contributed by atoms with E-state index in [9.17, 15) is 4.21 Å². The molecule has 0 fully saturated rings. The van der Waals surface area contributed by atoms with Crippen molar-refractivity contribution in [2.24, 2.45) is 4.36 Å². The topological polar surface area (TPSA) is 38.7 Å². The standard InChI is InChI=1S/C15H17NO2S/c1-18-14-10-8-13(9-11-14)12-16-19(2,17)15-6-4-3-5-7-15/h3-11H,12H2,1-2H3/t19-/m1/s1. The van der Waals surface area contributed by atoms with E-state index < -0.39 is 9.73 Å². The molecule has 0 bridgehead atoms. The zero-order chi connectivity index (χ0) is 13.7. The van der Waals surface area contributed by atoms with E-state index in [1.54, 1.807) is 13.4 Å². The lowest BCUT2D eigenvalue weighted by Gasteiger charge is -2.05. The second-order valence-corrected chi connectivity index (χ2v) is 6.59. The molecule has 0 heterocycles. The maximum atomic E-state index is 12.5. The molecule has 0 aliphatic carbocycles. The maximum Gasteiger partial charge on any atom is 0.118 e. The molecule has 0 N–H and O–H groups in total. The lowest BCUT2D eigenvalue weighted by Crippen LogP contribution is -1.98. The molecule has 2 aromatic carbocycles. The second-order valence-electron chi connectivity index (χ2n) is 4.25. The van der Waals surface area contributed by atoms with E-state index in [2.05, 4.69) is 4.36 Å². The van der Waals surface area contributed by atoms with Gasteiger partial charge in [-0.05, 0) is 29.8 Å².